The third-order valence-electron chi connectivity index (χ3n) is 6.76. The monoisotopic (exact) mass is 673 g/mol. The Morgan fingerprint density at radius 1 is 1.22 bits per heavy atom. The molecule has 4 amide bonds. The number of hydrazine groups is 1. The first-order chi connectivity index (χ1) is 21.9. The molecule has 19 heteroatoms. The van der Waals surface area contributed by atoms with E-state index in [0.29, 0.717) is 16.4 Å². The minimum absolute atomic E-state index is 0.000817. The number of carbonyl (C=O) groups excluding carboxylic acids is 3. The third-order valence-corrected chi connectivity index (χ3v) is 9.07. The lowest BCUT2D eigenvalue weighted by Gasteiger charge is -2.49. The number of aromatic amines is 1. The molecule has 0 spiro atoms. The Morgan fingerprint density at radius 3 is 2.59 bits per heavy atom. The summed E-state index contributed by atoms with van der Waals surface area (Å²) in [6.45, 7) is 3.72. The Hall–Kier alpha value is -4.88. The molecule has 1 unspecified atom stereocenters. The van der Waals surface area contributed by atoms with Gasteiger partial charge in [0.05, 0.1) is 12.4 Å². The molecule has 244 valence electrons. The number of carboxylic acid groups (broad SMARTS) is 1. The third kappa shape index (κ3) is 7.16. The van der Waals surface area contributed by atoms with Gasteiger partial charge < -0.3 is 36.3 Å². The van der Waals surface area contributed by atoms with Crippen LogP contribution in [0.15, 0.2) is 57.8 Å². The van der Waals surface area contributed by atoms with Crippen LogP contribution in [-0.4, -0.2) is 90.1 Å². The molecule has 3 aliphatic rings. The molecular weight excluding hydrogens is 642 g/mol. The van der Waals surface area contributed by atoms with Crippen molar-refractivity contribution >= 4 is 59.0 Å². The van der Waals surface area contributed by atoms with Crippen molar-refractivity contribution in [3.8, 4) is 5.75 Å². The molecule has 2 aromatic rings. The minimum atomic E-state index is -1.36. The number of rotatable bonds is 11. The van der Waals surface area contributed by atoms with E-state index in [9.17, 15) is 34.2 Å². The van der Waals surface area contributed by atoms with Gasteiger partial charge in [0.1, 0.15) is 34.6 Å². The molecule has 0 radical (unpaired) electrons. The van der Waals surface area contributed by atoms with Crippen molar-refractivity contribution in [1.82, 2.24) is 36.1 Å². The van der Waals surface area contributed by atoms with Crippen molar-refractivity contribution in [2.75, 3.05) is 29.2 Å². The quantitative estimate of drug-likeness (QED) is 0.154. The lowest BCUT2D eigenvalue weighted by atomic mass is 10.0. The van der Waals surface area contributed by atoms with Gasteiger partial charge in [0.25, 0.3) is 11.5 Å². The van der Waals surface area contributed by atoms with Crippen LogP contribution in [-0.2, 0) is 19.2 Å². The van der Waals surface area contributed by atoms with Crippen LogP contribution in [0.1, 0.15) is 25.5 Å². The number of fused-ring (bicyclic) bond motifs is 1. The molecule has 1 saturated heterocycles. The first kappa shape index (κ1) is 32.5. The maximum atomic E-state index is 13.6. The van der Waals surface area contributed by atoms with Gasteiger partial charge in [-0.2, -0.15) is 0 Å². The number of aromatic nitrogens is 2. The van der Waals surface area contributed by atoms with E-state index in [1.807, 2.05) is 13.8 Å². The molecule has 4 heterocycles. The lowest BCUT2D eigenvalue weighted by Crippen LogP contribution is -2.71. The number of urea groups is 1. The molecule has 46 heavy (non-hydrogen) atoms. The van der Waals surface area contributed by atoms with Gasteiger partial charge in [0.2, 0.25) is 16.9 Å². The van der Waals surface area contributed by atoms with Gasteiger partial charge >= 0.3 is 12.0 Å². The number of thioether (sulfide) groups is 2. The largest absolute Gasteiger partial charge is 0.508 e. The molecule has 0 saturated carbocycles. The molecule has 1 aromatic heterocycles. The summed E-state index contributed by atoms with van der Waals surface area (Å²) < 4.78 is 0. The number of amides is 4. The standard InChI is InChI=1S/C27H31N9O8S2/c1-12(2)30-26-28-8-16(21(38)34-26)31-27(43)33-18(13-4-6-15(37)7-5-13)22(39)32-19-23(40)36-20(25(41)42)14(11-46-24(19)36)10-45-17-9-29-35(3)44-17/h4-9,12,18-19,24,29,37H,10-11H2,1-3H3,(H,32,39)(H,41,42)(H2,31,33,43)(H2,28,30,34,38)/t18-,19?,24-/m1/s1. The first-order valence-electron chi connectivity index (χ1n) is 13.8. The molecule has 3 aliphatic heterocycles. The zero-order chi connectivity index (χ0) is 33.1. The number of aliphatic carboxylic acids is 1. The van der Waals surface area contributed by atoms with Gasteiger partial charge in [0, 0.05) is 24.6 Å². The highest BCUT2D eigenvalue weighted by atomic mass is 32.2. The van der Waals surface area contributed by atoms with Crippen molar-refractivity contribution in [3.63, 3.8) is 0 Å². The topological polar surface area (TPSA) is 230 Å². The second kappa shape index (κ2) is 13.6. The fraction of sp³-hybridized carbons (Fsp3) is 0.333. The van der Waals surface area contributed by atoms with Crippen LogP contribution in [0.3, 0.4) is 0 Å². The van der Waals surface area contributed by atoms with E-state index in [1.54, 1.807) is 13.2 Å². The predicted molar refractivity (Wildman–Crippen MR) is 169 cm³/mol. The van der Waals surface area contributed by atoms with Crippen molar-refractivity contribution in [2.24, 2.45) is 0 Å². The highest BCUT2D eigenvalue weighted by molar-refractivity contribution is 8.03. The summed E-state index contributed by atoms with van der Waals surface area (Å²) in [6, 6.07) is 2.12. The smallest absolute Gasteiger partial charge is 0.352 e. The van der Waals surface area contributed by atoms with Crippen molar-refractivity contribution < 1.29 is 34.2 Å². The Kier molecular flexibility index (Phi) is 9.63. The average Bonchev–Trinajstić information content (AvgIpc) is 3.43. The van der Waals surface area contributed by atoms with Gasteiger partial charge in [-0.15, -0.1) is 11.8 Å². The van der Waals surface area contributed by atoms with E-state index in [1.165, 1.54) is 53.0 Å². The summed E-state index contributed by atoms with van der Waals surface area (Å²) in [5, 5.41) is 31.4. The molecule has 8 N–H and O–H groups in total. The number of aromatic hydroxyl groups is 1. The Morgan fingerprint density at radius 2 is 1.96 bits per heavy atom. The number of anilines is 2. The normalized spacial score (nSPS) is 19.7. The number of phenolic OH excluding ortho intramolecular Hbond substituents is 1. The van der Waals surface area contributed by atoms with Gasteiger partial charge in [-0.3, -0.25) is 29.7 Å². The summed E-state index contributed by atoms with van der Waals surface area (Å²) in [6.07, 6.45) is 2.79. The number of hydrogen-bond acceptors (Lipinski definition) is 13. The number of β-lactam (4-membered cyclic amide) rings is 1. The minimum Gasteiger partial charge on any atom is -0.508 e. The van der Waals surface area contributed by atoms with Crippen molar-refractivity contribution in [1.29, 1.82) is 0 Å². The maximum absolute atomic E-state index is 13.6. The van der Waals surface area contributed by atoms with E-state index in [-0.39, 0.29) is 40.4 Å². The Bertz CT molecular complexity index is 1660. The van der Waals surface area contributed by atoms with E-state index in [0.717, 1.165) is 11.1 Å². The lowest BCUT2D eigenvalue weighted by molar-refractivity contribution is -0.150. The van der Waals surface area contributed by atoms with Crippen LogP contribution in [0.5, 0.6) is 5.75 Å². The van der Waals surface area contributed by atoms with Crippen molar-refractivity contribution in [2.45, 2.75) is 37.3 Å². The highest BCUT2D eigenvalue weighted by Gasteiger charge is 2.54. The van der Waals surface area contributed by atoms with Crippen LogP contribution in [0.4, 0.5) is 16.4 Å². The Balaban J connectivity index is 1.28. The molecule has 3 atom stereocenters. The number of phenols is 1. The zero-order valence-corrected chi connectivity index (χ0v) is 26.3. The summed E-state index contributed by atoms with van der Waals surface area (Å²) in [7, 11) is 1.66. The number of nitrogens with zero attached hydrogens (tertiary/aromatic N) is 3. The molecular formula is C27H31N9O8S2. The number of hydroxylamine groups is 1. The molecule has 1 fully saturated rings. The summed E-state index contributed by atoms with van der Waals surface area (Å²) >= 11 is 2.56. The molecule has 5 rings (SSSR count). The fourth-order valence-electron chi connectivity index (χ4n) is 4.68. The van der Waals surface area contributed by atoms with Crippen LogP contribution in [0.25, 0.3) is 0 Å². The predicted octanol–water partition coefficient (Wildman–Crippen LogP) is 0.811. The van der Waals surface area contributed by atoms with Crippen LogP contribution < -0.4 is 32.3 Å². The molecule has 17 nitrogen and oxygen atoms in total. The maximum Gasteiger partial charge on any atom is 0.352 e. The number of benzene rings is 1. The highest BCUT2D eigenvalue weighted by Crippen LogP contribution is 2.42. The molecule has 0 aliphatic carbocycles. The first-order valence-corrected chi connectivity index (χ1v) is 15.9. The van der Waals surface area contributed by atoms with Crippen LogP contribution >= 0.6 is 23.5 Å². The molecule has 0 bridgehead atoms. The van der Waals surface area contributed by atoms with Gasteiger partial charge in [-0.05, 0) is 37.1 Å². The summed E-state index contributed by atoms with van der Waals surface area (Å²) in [4.78, 5) is 77.6. The second-order valence-electron chi connectivity index (χ2n) is 10.5. The number of hydrogen-bond donors (Lipinski definition) is 8. The van der Waals surface area contributed by atoms with Crippen molar-refractivity contribution in [3.05, 3.63) is 68.9 Å². The van der Waals surface area contributed by atoms with E-state index < -0.39 is 46.8 Å². The fourth-order valence-corrected chi connectivity index (χ4v) is 7.01. The van der Waals surface area contributed by atoms with Crippen LogP contribution in [0.2, 0.25) is 0 Å². The molecule has 1 aromatic carbocycles. The SMILES string of the molecule is CC(C)Nc1ncc(NC(=O)N[C@@H](C(=O)NC2C(=O)N3C(C(=O)O)=C(CSC4=CNN(C)O4)CS[C@H]23)c2ccc(O)cc2)c(=O)[nH]1. The van der Waals surface area contributed by atoms with Gasteiger partial charge in [-0.1, -0.05) is 29.1 Å². The van der Waals surface area contributed by atoms with E-state index in [4.69, 9.17) is 4.84 Å². The van der Waals surface area contributed by atoms with Crippen LogP contribution in [0, 0.1) is 0 Å². The summed E-state index contributed by atoms with van der Waals surface area (Å²) in [5.41, 5.74) is 2.66. The zero-order valence-electron chi connectivity index (χ0n) is 24.7. The second-order valence-corrected chi connectivity index (χ2v) is 12.6. The van der Waals surface area contributed by atoms with E-state index in [2.05, 4.69) is 36.7 Å². The number of H-pyrrole nitrogens is 1. The summed E-state index contributed by atoms with van der Waals surface area (Å²) in [5.74, 6) is -1.97. The van der Waals surface area contributed by atoms with E-state index >= 15 is 0 Å². The van der Waals surface area contributed by atoms with Gasteiger partial charge in [0.15, 0.2) is 0 Å². The number of carbonyl (C=O) groups is 4. The number of nitrogens with one attached hydrogen (secondary N) is 6. The van der Waals surface area contributed by atoms with Gasteiger partial charge in [-0.25, -0.2) is 14.6 Å². The Labute approximate surface area is 270 Å². The number of carboxylic acids is 1. The average molecular weight is 674 g/mol.